The monoisotopic (exact) mass is 356 g/mol. The van der Waals surface area contributed by atoms with Gasteiger partial charge in [-0.25, -0.2) is 0 Å². The third kappa shape index (κ3) is 2.06. The molecule has 0 unspecified atom stereocenters. The lowest BCUT2D eigenvalue weighted by Gasteiger charge is -2.06. The Labute approximate surface area is 135 Å². The summed E-state index contributed by atoms with van der Waals surface area (Å²) in [6.45, 7) is 0. The lowest BCUT2D eigenvalue weighted by molar-refractivity contribution is 0.670. The van der Waals surface area contributed by atoms with Gasteiger partial charge in [0, 0.05) is 25.8 Å². The van der Waals surface area contributed by atoms with E-state index in [-0.39, 0.29) is 0 Å². The van der Waals surface area contributed by atoms with E-state index in [1.807, 2.05) is 36.4 Å². The van der Waals surface area contributed by atoms with Crippen LogP contribution in [0.1, 0.15) is 0 Å². The lowest BCUT2D eigenvalue weighted by Crippen LogP contribution is -1.81. The first kappa shape index (κ1) is 12.9. The first-order valence-electron chi connectivity index (χ1n) is 6.60. The number of halogens is 2. The molecule has 0 fully saturated rings. The highest BCUT2D eigenvalue weighted by molar-refractivity contribution is 9.10. The number of para-hydroxylation sites is 2. The zero-order chi connectivity index (χ0) is 14.4. The number of fused-ring (bicyclic) bond motifs is 3. The van der Waals surface area contributed by atoms with Crippen molar-refractivity contribution in [2.75, 3.05) is 0 Å². The zero-order valence-corrected chi connectivity index (χ0v) is 13.3. The van der Waals surface area contributed by atoms with Crippen LogP contribution in [0.3, 0.4) is 0 Å². The molecule has 0 spiro atoms. The smallest absolute Gasteiger partial charge is 0.143 e. The van der Waals surface area contributed by atoms with Crippen molar-refractivity contribution in [1.29, 1.82) is 0 Å². The summed E-state index contributed by atoms with van der Waals surface area (Å²) in [5, 5.41) is 2.98. The van der Waals surface area contributed by atoms with Gasteiger partial charge in [0.15, 0.2) is 0 Å². The molecule has 1 heterocycles. The lowest BCUT2D eigenvalue weighted by atomic mass is 10.0. The topological polar surface area (TPSA) is 13.1 Å². The van der Waals surface area contributed by atoms with Crippen LogP contribution in [0.15, 0.2) is 69.6 Å². The second-order valence-electron chi connectivity index (χ2n) is 4.90. The van der Waals surface area contributed by atoms with Gasteiger partial charge in [0.2, 0.25) is 0 Å². The molecule has 0 atom stereocenters. The van der Waals surface area contributed by atoms with Crippen LogP contribution in [0.4, 0.5) is 0 Å². The van der Waals surface area contributed by atoms with E-state index in [9.17, 15) is 0 Å². The Balaban J connectivity index is 2.09. The SMILES string of the molecule is Clc1ccc(-c2cccc3c2oc2ccccc23)c(Br)c1. The summed E-state index contributed by atoms with van der Waals surface area (Å²) < 4.78 is 7.03. The van der Waals surface area contributed by atoms with Crippen molar-refractivity contribution in [3.05, 3.63) is 70.2 Å². The van der Waals surface area contributed by atoms with Gasteiger partial charge < -0.3 is 4.42 Å². The van der Waals surface area contributed by atoms with E-state index < -0.39 is 0 Å². The molecule has 0 aliphatic carbocycles. The second-order valence-corrected chi connectivity index (χ2v) is 6.20. The minimum absolute atomic E-state index is 0.711. The van der Waals surface area contributed by atoms with Crippen molar-refractivity contribution in [3.8, 4) is 11.1 Å². The van der Waals surface area contributed by atoms with E-state index in [2.05, 4.69) is 40.2 Å². The summed E-state index contributed by atoms with van der Waals surface area (Å²) in [5.41, 5.74) is 3.95. The molecule has 0 saturated carbocycles. The molecule has 0 N–H and O–H groups in total. The van der Waals surface area contributed by atoms with Crippen LogP contribution in [0.25, 0.3) is 33.1 Å². The average molecular weight is 358 g/mol. The third-order valence-electron chi connectivity index (χ3n) is 3.63. The molecule has 4 aromatic rings. The van der Waals surface area contributed by atoms with Crippen LogP contribution in [0, 0.1) is 0 Å². The van der Waals surface area contributed by atoms with Crippen molar-refractivity contribution in [3.63, 3.8) is 0 Å². The Bertz CT molecular complexity index is 971. The fourth-order valence-corrected chi connectivity index (χ4v) is 3.56. The number of benzene rings is 3. The minimum Gasteiger partial charge on any atom is -0.455 e. The van der Waals surface area contributed by atoms with Gasteiger partial charge in [-0.2, -0.15) is 0 Å². The Morgan fingerprint density at radius 2 is 1.62 bits per heavy atom. The predicted octanol–water partition coefficient (Wildman–Crippen LogP) is 6.67. The van der Waals surface area contributed by atoms with Gasteiger partial charge in [0.25, 0.3) is 0 Å². The van der Waals surface area contributed by atoms with Gasteiger partial charge in [-0.3, -0.25) is 0 Å². The van der Waals surface area contributed by atoms with Gasteiger partial charge in [0.1, 0.15) is 11.2 Å². The standard InChI is InChI=1S/C18H10BrClO/c19-16-10-11(20)8-9-12(16)14-5-3-6-15-13-4-1-2-7-17(13)21-18(14)15/h1-10H. The number of furan rings is 1. The molecule has 0 aliphatic heterocycles. The molecule has 0 radical (unpaired) electrons. The van der Waals surface area contributed by atoms with E-state index in [4.69, 9.17) is 16.0 Å². The van der Waals surface area contributed by atoms with E-state index in [1.165, 1.54) is 0 Å². The number of hydrogen-bond donors (Lipinski definition) is 0. The third-order valence-corrected chi connectivity index (χ3v) is 4.52. The van der Waals surface area contributed by atoms with Crippen molar-refractivity contribution in [2.24, 2.45) is 0 Å². The van der Waals surface area contributed by atoms with Crippen LogP contribution in [-0.2, 0) is 0 Å². The Morgan fingerprint density at radius 3 is 2.48 bits per heavy atom. The van der Waals surface area contributed by atoms with Gasteiger partial charge >= 0.3 is 0 Å². The normalized spacial score (nSPS) is 11.3. The molecule has 3 heteroatoms. The van der Waals surface area contributed by atoms with E-state index >= 15 is 0 Å². The van der Waals surface area contributed by atoms with Crippen LogP contribution < -0.4 is 0 Å². The van der Waals surface area contributed by atoms with Crippen LogP contribution in [0.5, 0.6) is 0 Å². The molecular formula is C18H10BrClO. The molecule has 0 bridgehead atoms. The molecule has 1 nitrogen and oxygen atoms in total. The first-order chi connectivity index (χ1) is 10.2. The van der Waals surface area contributed by atoms with E-state index in [0.29, 0.717) is 5.02 Å². The Morgan fingerprint density at radius 1 is 0.810 bits per heavy atom. The maximum atomic E-state index is 6.07. The van der Waals surface area contributed by atoms with E-state index in [1.54, 1.807) is 0 Å². The maximum Gasteiger partial charge on any atom is 0.143 e. The molecule has 4 rings (SSSR count). The number of rotatable bonds is 1. The van der Waals surface area contributed by atoms with E-state index in [0.717, 1.165) is 37.5 Å². The molecule has 102 valence electrons. The summed E-state index contributed by atoms with van der Waals surface area (Å²) in [7, 11) is 0. The molecular weight excluding hydrogens is 348 g/mol. The van der Waals surface area contributed by atoms with Gasteiger partial charge in [-0.05, 0) is 23.8 Å². The molecule has 21 heavy (non-hydrogen) atoms. The molecule has 0 amide bonds. The minimum atomic E-state index is 0.711. The summed E-state index contributed by atoms with van der Waals surface area (Å²) in [5.74, 6) is 0. The zero-order valence-electron chi connectivity index (χ0n) is 10.9. The van der Waals surface area contributed by atoms with Crippen molar-refractivity contribution in [2.45, 2.75) is 0 Å². The largest absolute Gasteiger partial charge is 0.455 e. The summed E-state index contributed by atoms with van der Waals surface area (Å²) >= 11 is 9.62. The fraction of sp³-hybridized carbons (Fsp3) is 0. The number of hydrogen-bond acceptors (Lipinski definition) is 1. The maximum absolute atomic E-state index is 6.07. The first-order valence-corrected chi connectivity index (χ1v) is 7.77. The van der Waals surface area contributed by atoms with Crippen molar-refractivity contribution in [1.82, 2.24) is 0 Å². The molecule has 0 saturated heterocycles. The van der Waals surface area contributed by atoms with Gasteiger partial charge in [-0.15, -0.1) is 0 Å². The summed E-state index contributed by atoms with van der Waals surface area (Å²) in [6.07, 6.45) is 0. The van der Waals surface area contributed by atoms with Crippen LogP contribution in [-0.4, -0.2) is 0 Å². The second kappa shape index (κ2) is 4.90. The van der Waals surface area contributed by atoms with Gasteiger partial charge in [-0.1, -0.05) is 70.0 Å². The Kier molecular flexibility index (Phi) is 3.02. The highest BCUT2D eigenvalue weighted by Gasteiger charge is 2.13. The summed E-state index contributed by atoms with van der Waals surface area (Å²) in [6, 6.07) is 20.1. The van der Waals surface area contributed by atoms with Crippen molar-refractivity contribution >= 4 is 49.5 Å². The van der Waals surface area contributed by atoms with Gasteiger partial charge in [0.05, 0.1) is 0 Å². The van der Waals surface area contributed by atoms with Crippen LogP contribution in [0.2, 0.25) is 5.02 Å². The molecule has 0 aliphatic rings. The molecule has 1 aromatic heterocycles. The quantitative estimate of drug-likeness (QED) is 0.371. The molecule has 3 aromatic carbocycles. The fourth-order valence-electron chi connectivity index (χ4n) is 2.67. The summed E-state index contributed by atoms with van der Waals surface area (Å²) in [4.78, 5) is 0. The highest BCUT2D eigenvalue weighted by Crippen LogP contribution is 2.38. The predicted molar refractivity (Wildman–Crippen MR) is 91.9 cm³/mol. The van der Waals surface area contributed by atoms with Crippen LogP contribution >= 0.6 is 27.5 Å². The average Bonchev–Trinajstić information content (AvgIpc) is 2.86. The highest BCUT2D eigenvalue weighted by atomic mass is 79.9. The Hall–Kier alpha value is -1.77. The van der Waals surface area contributed by atoms with Crippen molar-refractivity contribution < 1.29 is 4.42 Å².